The molecule has 8 saturated carbocycles. The third-order valence-electron chi connectivity index (χ3n) is 8.98. The Kier molecular flexibility index (Phi) is 4.08. The Balaban J connectivity index is 1.78. The summed E-state index contributed by atoms with van der Waals surface area (Å²) in [6, 6.07) is 0. The molecule has 6 nitrogen and oxygen atoms in total. The molecule has 0 aromatic heterocycles. The van der Waals surface area contributed by atoms with Crippen LogP contribution < -0.4 is 0 Å². The van der Waals surface area contributed by atoms with E-state index in [1.165, 1.54) is 0 Å². The summed E-state index contributed by atoms with van der Waals surface area (Å²) in [5, 5.41) is 0. The molecule has 0 N–H and O–H groups in total. The molecule has 8 rings (SSSR count). The van der Waals surface area contributed by atoms with Crippen molar-refractivity contribution < 1.29 is 28.5 Å². The van der Waals surface area contributed by atoms with E-state index in [9.17, 15) is 9.59 Å². The summed E-state index contributed by atoms with van der Waals surface area (Å²) in [5.41, 5.74) is -3.72. The van der Waals surface area contributed by atoms with Crippen LogP contribution >= 0.6 is 23.5 Å². The van der Waals surface area contributed by atoms with Crippen molar-refractivity contribution in [1.29, 1.82) is 0 Å². The van der Waals surface area contributed by atoms with Crippen LogP contribution in [0.2, 0.25) is 0 Å². The summed E-state index contributed by atoms with van der Waals surface area (Å²) < 4.78 is 24.3. The third-order valence-corrected chi connectivity index (χ3v) is 10.4. The molecule has 8 bridgehead atoms. The Morgan fingerprint density at radius 3 is 1.21 bits per heavy atom. The Hall–Kier alpha value is -0.120. The van der Waals surface area contributed by atoms with Gasteiger partial charge in [-0.3, -0.25) is 9.59 Å². The maximum absolute atomic E-state index is 13.9. The second-order valence-corrected chi connectivity index (χ2v) is 10.6. The Labute approximate surface area is 174 Å². The minimum absolute atomic E-state index is 0.0504. The molecule has 8 fully saturated rings. The van der Waals surface area contributed by atoms with Crippen molar-refractivity contribution in [3.8, 4) is 0 Å². The summed E-state index contributed by atoms with van der Waals surface area (Å²) in [6.07, 6.45) is 3.97. The molecule has 0 radical (unpaired) electrons. The van der Waals surface area contributed by atoms with Crippen LogP contribution in [-0.2, 0) is 28.5 Å². The van der Waals surface area contributed by atoms with Gasteiger partial charge in [0.15, 0.2) is 11.6 Å². The van der Waals surface area contributed by atoms with E-state index in [-0.39, 0.29) is 47.1 Å². The van der Waals surface area contributed by atoms with Crippen molar-refractivity contribution in [3.63, 3.8) is 0 Å². The quantitative estimate of drug-likeness (QED) is 0.570. The molecule has 0 aliphatic heterocycles. The first-order chi connectivity index (χ1) is 13.4. The fraction of sp³-hybridized carbons (Fsp3) is 0.900. The maximum atomic E-state index is 13.9. The van der Waals surface area contributed by atoms with Crippen LogP contribution in [0.25, 0.3) is 0 Å². The van der Waals surface area contributed by atoms with E-state index in [1.807, 2.05) is 12.5 Å². The molecule has 0 heterocycles. The highest BCUT2D eigenvalue weighted by Crippen LogP contribution is 2.88. The highest BCUT2D eigenvalue weighted by molar-refractivity contribution is 7.98. The number of hydrogen-bond donors (Lipinski definition) is 0. The molecule has 10 atom stereocenters. The first kappa shape index (κ1) is 19.8. The van der Waals surface area contributed by atoms with Crippen molar-refractivity contribution in [2.75, 3.05) is 52.5 Å². The first-order valence-electron chi connectivity index (χ1n) is 9.69. The van der Waals surface area contributed by atoms with Crippen molar-refractivity contribution in [2.24, 2.45) is 35.5 Å². The second-order valence-electron chi connectivity index (χ2n) is 8.86. The van der Waals surface area contributed by atoms with Gasteiger partial charge >= 0.3 is 0 Å². The van der Waals surface area contributed by atoms with E-state index in [4.69, 9.17) is 18.9 Å². The number of thioether (sulfide) groups is 2. The number of ketones is 2. The largest absolute Gasteiger partial charge is 0.370 e. The predicted octanol–water partition coefficient (Wildman–Crippen LogP) is 1.16. The van der Waals surface area contributed by atoms with Gasteiger partial charge in [0.2, 0.25) is 0 Å². The lowest BCUT2D eigenvalue weighted by molar-refractivity contribution is -0.465. The van der Waals surface area contributed by atoms with Gasteiger partial charge in [-0.15, -0.1) is 0 Å². The molecule has 0 amide bonds. The van der Waals surface area contributed by atoms with Crippen molar-refractivity contribution in [2.45, 2.75) is 22.4 Å². The summed E-state index contributed by atoms with van der Waals surface area (Å²) >= 11 is 3.20. The van der Waals surface area contributed by atoms with Gasteiger partial charge in [-0.2, -0.15) is 23.5 Å². The van der Waals surface area contributed by atoms with Gasteiger partial charge in [0, 0.05) is 75.5 Å². The minimum Gasteiger partial charge on any atom is -0.370 e. The van der Waals surface area contributed by atoms with E-state index in [0.717, 1.165) is 0 Å². The molecule has 0 saturated heterocycles. The van der Waals surface area contributed by atoms with Gasteiger partial charge in [0.25, 0.3) is 0 Å². The van der Waals surface area contributed by atoms with Gasteiger partial charge in [-0.1, -0.05) is 0 Å². The molecular formula is C20H28O6S2. The predicted molar refractivity (Wildman–Crippen MR) is 107 cm³/mol. The molecular weight excluding hydrogens is 400 g/mol. The molecule has 0 unspecified atom stereocenters. The molecule has 8 aliphatic rings. The summed E-state index contributed by atoms with van der Waals surface area (Å²) in [5.74, 6) is 1.01. The van der Waals surface area contributed by atoms with E-state index in [2.05, 4.69) is 0 Å². The lowest BCUT2D eigenvalue weighted by Gasteiger charge is -2.91. The molecule has 0 aromatic rings. The SMILES string of the molecule is CO[C@]12C(=O)[C@@](CSC)(OC)[C@@H]3[C@@H]4[C@H]1[C@H]1[C@H]2[C@H]3[C@](CSC)(OC)C(=O)[C@@]14OC. The van der Waals surface area contributed by atoms with Crippen LogP contribution in [-0.4, -0.2) is 86.4 Å². The van der Waals surface area contributed by atoms with Crippen LogP contribution in [0.4, 0.5) is 0 Å². The molecule has 8 heteroatoms. The summed E-state index contributed by atoms with van der Waals surface area (Å²) in [6.45, 7) is 0. The lowest BCUT2D eigenvalue weighted by Crippen LogP contribution is -3.04. The molecule has 28 heavy (non-hydrogen) atoms. The van der Waals surface area contributed by atoms with E-state index in [1.54, 1.807) is 52.0 Å². The highest BCUT2D eigenvalue weighted by Gasteiger charge is 3.01. The number of ether oxygens (including phenoxy) is 4. The number of rotatable bonds is 8. The van der Waals surface area contributed by atoms with Crippen molar-refractivity contribution in [1.82, 2.24) is 0 Å². The Bertz CT molecular complexity index is 699. The Morgan fingerprint density at radius 1 is 0.643 bits per heavy atom. The van der Waals surface area contributed by atoms with E-state index < -0.39 is 22.4 Å². The van der Waals surface area contributed by atoms with Crippen LogP contribution in [0.1, 0.15) is 0 Å². The number of hydrogen-bond acceptors (Lipinski definition) is 8. The minimum atomic E-state index is -0.976. The average molecular weight is 429 g/mol. The number of carbonyl (C=O) groups is 2. The fourth-order valence-electron chi connectivity index (χ4n) is 8.47. The van der Waals surface area contributed by atoms with E-state index in [0.29, 0.717) is 11.5 Å². The summed E-state index contributed by atoms with van der Waals surface area (Å²) in [7, 11) is 6.52. The third kappa shape index (κ3) is 1.48. The topological polar surface area (TPSA) is 71.1 Å². The molecule has 0 spiro atoms. The fourth-order valence-corrected chi connectivity index (χ4v) is 10.2. The smallest absolute Gasteiger partial charge is 0.198 e. The van der Waals surface area contributed by atoms with Gasteiger partial charge < -0.3 is 18.9 Å². The molecule has 8 aliphatic carbocycles. The van der Waals surface area contributed by atoms with Crippen LogP contribution in [0, 0.1) is 35.5 Å². The van der Waals surface area contributed by atoms with Gasteiger partial charge in [-0.25, -0.2) is 0 Å². The normalized spacial score (nSPS) is 57.4. The standard InChI is InChI=1S/C20H28O6S2/c1-23-17(7-27-5)9-10-12-14-13(19(12,25-3)15(17)21)11(9)20(14,26-4)16(22)18(10,24-2)8-28-6/h9-14H,7-8H2,1-6H3/t9-,10-,11+,12+,13-,14+,17-,18-,19-,20-/m0/s1. The zero-order valence-corrected chi connectivity index (χ0v) is 18.8. The number of carbonyl (C=O) groups excluding carboxylic acids is 2. The zero-order chi connectivity index (χ0) is 20.3. The maximum Gasteiger partial charge on any atom is 0.198 e. The van der Waals surface area contributed by atoms with Gasteiger partial charge in [0.1, 0.15) is 22.4 Å². The monoisotopic (exact) mass is 428 g/mol. The number of methoxy groups -OCH3 is 4. The van der Waals surface area contributed by atoms with Crippen LogP contribution in [0.5, 0.6) is 0 Å². The first-order valence-corrected chi connectivity index (χ1v) is 12.5. The van der Waals surface area contributed by atoms with Gasteiger partial charge in [0.05, 0.1) is 0 Å². The lowest BCUT2D eigenvalue weighted by atomic mass is 9.15. The van der Waals surface area contributed by atoms with E-state index >= 15 is 0 Å². The van der Waals surface area contributed by atoms with Gasteiger partial charge in [-0.05, 0) is 12.5 Å². The average Bonchev–Trinajstić information content (AvgIpc) is 2.70. The highest BCUT2D eigenvalue weighted by atomic mass is 32.2. The molecule has 0 aromatic carbocycles. The molecule has 156 valence electrons. The van der Waals surface area contributed by atoms with Crippen LogP contribution in [0.15, 0.2) is 0 Å². The second kappa shape index (κ2) is 5.77. The zero-order valence-electron chi connectivity index (χ0n) is 17.1. The number of Topliss-reactive ketones (excluding diaryl/α,β-unsaturated/α-hetero) is 2. The number of fused-ring (bicyclic) bond motifs is 2. The van der Waals surface area contributed by atoms with Crippen molar-refractivity contribution in [3.05, 3.63) is 0 Å². The van der Waals surface area contributed by atoms with Crippen LogP contribution in [0.3, 0.4) is 0 Å². The Morgan fingerprint density at radius 2 is 0.964 bits per heavy atom. The van der Waals surface area contributed by atoms with Crippen molar-refractivity contribution >= 4 is 35.1 Å². The summed E-state index contributed by atoms with van der Waals surface area (Å²) in [4.78, 5) is 27.7.